The maximum Gasteiger partial charge on any atom is 0.305 e. The summed E-state index contributed by atoms with van der Waals surface area (Å²) in [6, 6.07) is 17.0. The van der Waals surface area contributed by atoms with E-state index in [0.29, 0.717) is 18.6 Å². The molecule has 0 aromatic heterocycles. The molecule has 4 nitrogen and oxygen atoms in total. The summed E-state index contributed by atoms with van der Waals surface area (Å²) in [5.74, 6) is 6.57. The third kappa shape index (κ3) is 5.51. The largest absolute Gasteiger partial charge is 0.479 e. The Morgan fingerprint density at radius 2 is 1.83 bits per heavy atom. The summed E-state index contributed by atoms with van der Waals surface area (Å²) < 4.78 is 9.88. The van der Waals surface area contributed by atoms with Crippen molar-refractivity contribution in [3.05, 3.63) is 65.2 Å². The second-order valence-corrected chi connectivity index (χ2v) is 5.00. The SMILES string of the molecule is COC(=O)CCc1ccc(C#Cc2cccc(OCC#N)c2)cc1. The zero-order valence-corrected chi connectivity index (χ0v) is 13.4. The van der Waals surface area contributed by atoms with Gasteiger partial charge in [0, 0.05) is 17.5 Å². The highest BCUT2D eigenvalue weighted by Crippen LogP contribution is 2.13. The van der Waals surface area contributed by atoms with Crippen LogP contribution in [0, 0.1) is 23.2 Å². The Labute approximate surface area is 141 Å². The Morgan fingerprint density at radius 3 is 2.54 bits per heavy atom. The number of rotatable bonds is 5. The third-order valence-corrected chi connectivity index (χ3v) is 3.29. The lowest BCUT2D eigenvalue weighted by atomic mass is 10.1. The van der Waals surface area contributed by atoms with Crippen molar-refractivity contribution in [1.29, 1.82) is 5.26 Å². The van der Waals surface area contributed by atoms with E-state index in [1.807, 2.05) is 42.5 Å². The van der Waals surface area contributed by atoms with E-state index in [0.717, 1.165) is 16.7 Å². The molecule has 0 heterocycles. The lowest BCUT2D eigenvalue weighted by Crippen LogP contribution is -2.01. The highest BCUT2D eigenvalue weighted by molar-refractivity contribution is 5.69. The Bertz CT molecular complexity index is 792. The quantitative estimate of drug-likeness (QED) is 0.627. The molecular weight excluding hydrogens is 302 g/mol. The number of carbonyl (C=O) groups excluding carboxylic acids is 1. The standard InChI is InChI=1S/C20H17NO3/c1-23-20(22)12-11-17-7-5-16(6-8-17)9-10-18-3-2-4-19(15-18)24-14-13-21/h2-8,15H,11-12,14H2,1H3. The molecule has 2 aromatic carbocycles. The molecule has 0 aliphatic carbocycles. The van der Waals surface area contributed by atoms with Gasteiger partial charge in [-0.25, -0.2) is 0 Å². The van der Waals surface area contributed by atoms with Crippen molar-refractivity contribution in [3.63, 3.8) is 0 Å². The van der Waals surface area contributed by atoms with Gasteiger partial charge in [0.05, 0.1) is 7.11 Å². The zero-order valence-electron chi connectivity index (χ0n) is 13.4. The van der Waals surface area contributed by atoms with Crippen LogP contribution >= 0.6 is 0 Å². The number of hydrogen-bond donors (Lipinski definition) is 0. The number of methoxy groups -OCH3 is 1. The molecule has 2 rings (SSSR count). The number of esters is 1. The predicted octanol–water partition coefficient (Wildman–Crippen LogP) is 3.09. The zero-order chi connectivity index (χ0) is 17.2. The van der Waals surface area contributed by atoms with E-state index in [4.69, 9.17) is 10.00 Å². The van der Waals surface area contributed by atoms with Crippen molar-refractivity contribution in [2.45, 2.75) is 12.8 Å². The topological polar surface area (TPSA) is 59.3 Å². The van der Waals surface area contributed by atoms with Crippen LogP contribution in [0.2, 0.25) is 0 Å². The van der Waals surface area contributed by atoms with Gasteiger partial charge in [0.15, 0.2) is 6.61 Å². The predicted molar refractivity (Wildman–Crippen MR) is 90.3 cm³/mol. The van der Waals surface area contributed by atoms with Crippen molar-refractivity contribution < 1.29 is 14.3 Å². The summed E-state index contributed by atoms with van der Waals surface area (Å²) in [5, 5.41) is 8.53. The fraction of sp³-hybridized carbons (Fsp3) is 0.200. The smallest absolute Gasteiger partial charge is 0.305 e. The first kappa shape index (κ1) is 17.1. The van der Waals surface area contributed by atoms with Gasteiger partial charge in [0.1, 0.15) is 11.8 Å². The molecule has 24 heavy (non-hydrogen) atoms. The van der Waals surface area contributed by atoms with Crippen molar-refractivity contribution in [1.82, 2.24) is 0 Å². The molecule has 0 amide bonds. The molecule has 0 saturated heterocycles. The Balaban J connectivity index is 2.00. The summed E-state index contributed by atoms with van der Waals surface area (Å²) in [6.45, 7) is 0.0178. The van der Waals surface area contributed by atoms with Gasteiger partial charge in [-0.05, 0) is 42.3 Å². The molecule has 0 saturated carbocycles. The molecule has 0 bridgehead atoms. The van der Waals surface area contributed by atoms with Crippen LogP contribution in [-0.2, 0) is 16.0 Å². The van der Waals surface area contributed by atoms with Crippen LogP contribution in [0.4, 0.5) is 0 Å². The number of nitrogens with zero attached hydrogens (tertiary/aromatic N) is 1. The fourth-order valence-corrected chi connectivity index (χ4v) is 2.03. The summed E-state index contributed by atoms with van der Waals surface area (Å²) in [7, 11) is 1.39. The average molecular weight is 319 g/mol. The maximum absolute atomic E-state index is 11.1. The van der Waals surface area contributed by atoms with E-state index >= 15 is 0 Å². The lowest BCUT2D eigenvalue weighted by Gasteiger charge is -2.01. The molecule has 0 fully saturated rings. The average Bonchev–Trinajstić information content (AvgIpc) is 2.64. The summed E-state index contributed by atoms with van der Waals surface area (Å²) in [4.78, 5) is 11.1. The minimum absolute atomic E-state index is 0.0178. The molecule has 0 radical (unpaired) electrons. The maximum atomic E-state index is 11.1. The van der Waals surface area contributed by atoms with Gasteiger partial charge in [-0.15, -0.1) is 0 Å². The summed E-state index contributed by atoms with van der Waals surface area (Å²) in [6.07, 6.45) is 1.02. The molecule has 0 aliphatic rings. The number of nitriles is 1. The number of carbonyl (C=O) groups is 1. The van der Waals surface area contributed by atoms with Gasteiger partial charge in [0.25, 0.3) is 0 Å². The minimum atomic E-state index is -0.211. The van der Waals surface area contributed by atoms with Crippen LogP contribution in [-0.4, -0.2) is 19.7 Å². The second kappa shape index (κ2) is 9.02. The molecule has 120 valence electrons. The molecule has 4 heteroatoms. The van der Waals surface area contributed by atoms with Gasteiger partial charge >= 0.3 is 5.97 Å². The highest BCUT2D eigenvalue weighted by Gasteiger charge is 2.01. The number of hydrogen-bond acceptors (Lipinski definition) is 4. The van der Waals surface area contributed by atoms with Crippen LogP contribution < -0.4 is 4.74 Å². The molecule has 0 atom stereocenters. The van der Waals surface area contributed by atoms with Crippen molar-refractivity contribution >= 4 is 5.97 Å². The van der Waals surface area contributed by atoms with Crippen molar-refractivity contribution in [2.75, 3.05) is 13.7 Å². The van der Waals surface area contributed by atoms with Gasteiger partial charge in [-0.1, -0.05) is 30.0 Å². The monoisotopic (exact) mass is 319 g/mol. The van der Waals surface area contributed by atoms with Gasteiger partial charge < -0.3 is 9.47 Å². The molecule has 0 N–H and O–H groups in total. The van der Waals surface area contributed by atoms with Crippen molar-refractivity contribution in [2.24, 2.45) is 0 Å². The van der Waals surface area contributed by atoms with Gasteiger partial charge in [-0.3, -0.25) is 4.79 Å². The highest BCUT2D eigenvalue weighted by atomic mass is 16.5. The number of aryl methyl sites for hydroxylation is 1. The van der Waals surface area contributed by atoms with Gasteiger partial charge in [-0.2, -0.15) is 5.26 Å². The first-order valence-corrected chi connectivity index (χ1v) is 7.49. The molecule has 2 aromatic rings. The van der Waals surface area contributed by atoms with E-state index in [1.54, 1.807) is 12.1 Å². The first-order chi connectivity index (χ1) is 11.7. The Morgan fingerprint density at radius 1 is 1.08 bits per heavy atom. The lowest BCUT2D eigenvalue weighted by molar-refractivity contribution is -0.140. The molecule has 0 unspecified atom stereocenters. The summed E-state index contributed by atoms with van der Waals surface area (Å²) in [5.41, 5.74) is 2.78. The van der Waals surface area contributed by atoms with E-state index in [2.05, 4.69) is 16.6 Å². The molecule has 0 aliphatic heterocycles. The Hall–Kier alpha value is -3.24. The van der Waals surface area contributed by atoms with Crippen LogP contribution in [0.5, 0.6) is 5.75 Å². The fourth-order valence-electron chi connectivity index (χ4n) is 2.03. The number of benzene rings is 2. The van der Waals surface area contributed by atoms with E-state index in [1.165, 1.54) is 7.11 Å². The van der Waals surface area contributed by atoms with E-state index in [-0.39, 0.29) is 12.6 Å². The number of ether oxygens (including phenoxy) is 2. The summed E-state index contributed by atoms with van der Waals surface area (Å²) >= 11 is 0. The normalized spacial score (nSPS) is 9.33. The first-order valence-electron chi connectivity index (χ1n) is 7.49. The Kier molecular flexibility index (Phi) is 6.44. The van der Waals surface area contributed by atoms with Crippen LogP contribution in [0.25, 0.3) is 0 Å². The molecule has 0 spiro atoms. The molecular formula is C20H17NO3. The van der Waals surface area contributed by atoms with E-state index in [9.17, 15) is 4.79 Å². The van der Waals surface area contributed by atoms with E-state index < -0.39 is 0 Å². The van der Waals surface area contributed by atoms with Crippen LogP contribution in [0.3, 0.4) is 0 Å². The van der Waals surface area contributed by atoms with Crippen LogP contribution in [0.15, 0.2) is 48.5 Å². The van der Waals surface area contributed by atoms with Gasteiger partial charge in [0.2, 0.25) is 0 Å². The second-order valence-electron chi connectivity index (χ2n) is 5.00. The van der Waals surface area contributed by atoms with Crippen LogP contribution in [0.1, 0.15) is 23.1 Å². The van der Waals surface area contributed by atoms with Crippen molar-refractivity contribution in [3.8, 4) is 23.7 Å². The minimum Gasteiger partial charge on any atom is -0.479 e. The third-order valence-electron chi connectivity index (χ3n) is 3.29.